The maximum Gasteiger partial charge on any atom is 0.222 e. The number of carbonyl (C=O) groups is 1. The van der Waals surface area contributed by atoms with Crippen LogP contribution in [-0.2, 0) is 4.79 Å². The number of aromatic nitrogens is 1. The van der Waals surface area contributed by atoms with E-state index in [9.17, 15) is 4.79 Å². The highest BCUT2D eigenvalue weighted by molar-refractivity contribution is 9.10. The van der Waals surface area contributed by atoms with Gasteiger partial charge in [0.25, 0.3) is 0 Å². The lowest BCUT2D eigenvalue weighted by Crippen LogP contribution is -2.30. The molecule has 1 saturated heterocycles. The topological polar surface area (TPSA) is 42.4 Å². The van der Waals surface area contributed by atoms with E-state index >= 15 is 0 Å². The molecule has 0 saturated carbocycles. The fourth-order valence-electron chi connectivity index (χ4n) is 1.88. The van der Waals surface area contributed by atoms with E-state index in [0.717, 1.165) is 17.4 Å². The van der Waals surface area contributed by atoms with Gasteiger partial charge in [-0.3, -0.25) is 4.79 Å². The van der Waals surface area contributed by atoms with Crippen LogP contribution >= 0.6 is 15.9 Å². The molecule has 92 valence electrons. The van der Waals surface area contributed by atoms with Crippen LogP contribution in [0.2, 0.25) is 0 Å². The summed E-state index contributed by atoms with van der Waals surface area (Å²) in [6.45, 7) is 3.34. The summed E-state index contributed by atoms with van der Waals surface area (Å²) in [4.78, 5) is 17.5. The zero-order valence-electron chi connectivity index (χ0n) is 9.73. The minimum atomic E-state index is 0.0687. The van der Waals surface area contributed by atoms with Gasteiger partial charge in [-0.2, -0.15) is 0 Å². The molecule has 1 amide bonds. The lowest BCUT2D eigenvalue weighted by atomic mass is 10.3. The van der Waals surface area contributed by atoms with Crippen LogP contribution in [0.3, 0.4) is 0 Å². The van der Waals surface area contributed by atoms with Crippen LogP contribution in [-0.4, -0.2) is 35.0 Å². The van der Waals surface area contributed by atoms with Gasteiger partial charge in [0.2, 0.25) is 11.8 Å². The predicted molar refractivity (Wildman–Crippen MR) is 67.8 cm³/mol. The summed E-state index contributed by atoms with van der Waals surface area (Å²) < 4.78 is 6.66. The Bertz CT molecular complexity index is 394. The van der Waals surface area contributed by atoms with Crippen molar-refractivity contribution in [2.45, 2.75) is 25.9 Å². The molecule has 0 N–H and O–H groups in total. The molecule has 0 aliphatic carbocycles. The fourth-order valence-corrected chi connectivity index (χ4v) is 2.11. The monoisotopic (exact) mass is 298 g/mol. The second-order valence-corrected chi connectivity index (χ2v) is 4.95. The number of pyridine rings is 1. The smallest absolute Gasteiger partial charge is 0.222 e. The van der Waals surface area contributed by atoms with Crippen LogP contribution in [0.5, 0.6) is 5.88 Å². The van der Waals surface area contributed by atoms with Crippen molar-refractivity contribution in [1.82, 2.24) is 9.88 Å². The zero-order valence-corrected chi connectivity index (χ0v) is 11.3. The molecule has 1 aromatic rings. The van der Waals surface area contributed by atoms with Gasteiger partial charge in [-0.1, -0.05) is 6.92 Å². The first-order chi connectivity index (χ1) is 8.19. The van der Waals surface area contributed by atoms with Crippen molar-refractivity contribution >= 4 is 21.8 Å². The van der Waals surface area contributed by atoms with Gasteiger partial charge in [-0.25, -0.2) is 4.98 Å². The Balaban J connectivity index is 1.89. The molecule has 17 heavy (non-hydrogen) atoms. The van der Waals surface area contributed by atoms with Crippen molar-refractivity contribution < 1.29 is 9.53 Å². The summed E-state index contributed by atoms with van der Waals surface area (Å²) in [6, 6.07) is 3.72. The molecular formula is C12H15BrN2O2. The molecule has 1 aliphatic heterocycles. The highest BCUT2D eigenvalue weighted by Gasteiger charge is 2.26. The lowest BCUT2D eigenvalue weighted by molar-refractivity contribution is -0.130. The second-order valence-electron chi connectivity index (χ2n) is 4.04. The van der Waals surface area contributed by atoms with Gasteiger partial charge in [0.1, 0.15) is 6.10 Å². The summed E-state index contributed by atoms with van der Waals surface area (Å²) in [6.07, 6.45) is 3.21. The van der Waals surface area contributed by atoms with Gasteiger partial charge in [0.15, 0.2) is 0 Å². The summed E-state index contributed by atoms with van der Waals surface area (Å²) in [5.41, 5.74) is 0. The number of carbonyl (C=O) groups excluding carboxylic acids is 1. The largest absolute Gasteiger partial charge is 0.472 e. The standard InChI is InChI=1S/C12H15BrN2O2/c1-2-12(16)15-6-5-10(8-15)17-11-4-3-9(13)7-14-11/h3-4,7,10H,2,5-6,8H2,1H3. The summed E-state index contributed by atoms with van der Waals surface area (Å²) in [7, 11) is 0. The molecule has 4 nitrogen and oxygen atoms in total. The van der Waals surface area contributed by atoms with E-state index in [-0.39, 0.29) is 12.0 Å². The Labute approximate surface area is 109 Å². The van der Waals surface area contributed by atoms with Gasteiger partial charge >= 0.3 is 0 Å². The average molecular weight is 299 g/mol. The molecule has 0 radical (unpaired) electrons. The first kappa shape index (κ1) is 12.4. The van der Waals surface area contributed by atoms with Crippen LogP contribution in [0, 0.1) is 0 Å². The van der Waals surface area contributed by atoms with E-state index in [1.54, 1.807) is 6.20 Å². The van der Waals surface area contributed by atoms with Crippen LogP contribution in [0.4, 0.5) is 0 Å². The molecule has 1 fully saturated rings. The number of likely N-dealkylation sites (tertiary alicyclic amines) is 1. The molecule has 1 aliphatic rings. The SMILES string of the molecule is CCC(=O)N1CCC(Oc2ccc(Br)cn2)C1. The van der Waals surface area contributed by atoms with E-state index < -0.39 is 0 Å². The quantitative estimate of drug-likeness (QED) is 0.859. The van der Waals surface area contributed by atoms with Crippen molar-refractivity contribution in [2.24, 2.45) is 0 Å². The van der Waals surface area contributed by atoms with Gasteiger partial charge in [0, 0.05) is 36.1 Å². The summed E-state index contributed by atoms with van der Waals surface area (Å²) in [5, 5.41) is 0. The highest BCUT2D eigenvalue weighted by atomic mass is 79.9. The number of ether oxygens (including phenoxy) is 1. The molecule has 0 bridgehead atoms. The van der Waals surface area contributed by atoms with Crippen molar-refractivity contribution in [3.05, 3.63) is 22.8 Å². The van der Waals surface area contributed by atoms with Crippen molar-refractivity contribution in [1.29, 1.82) is 0 Å². The van der Waals surface area contributed by atoms with Gasteiger partial charge in [-0.15, -0.1) is 0 Å². The number of nitrogens with zero attached hydrogens (tertiary/aromatic N) is 2. The first-order valence-electron chi connectivity index (χ1n) is 5.75. The van der Waals surface area contributed by atoms with Gasteiger partial charge < -0.3 is 9.64 Å². The molecule has 5 heteroatoms. The van der Waals surface area contributed by atoms with E-state index in [0.29, 0.717) is 18.8 Å². The fraction of sp³-hybridized carbons (Fsp3) is 0.500. The minimum absolute atomic E-state index is 0.0687. The summed E-state index contributed by atoms with van der Waals surface area (Å²) in [5.74, 6) is 0.809. The Morgan fingerprint density at radius 2 is 2.47 bits per heavy atom. The molecule has 1 aromatic heterocycles. The van der Waals surface area contributed by atoms with Crippen molar-refractivity contribution in [3.8, 4) is 5.88 Å². The average Bonchev–Trinajstić information content (AvgIpc) is 2.80. The normalized spacial score (nSPS) is 19.4. The Morgan fingerprint density at radius 3 is 3.12 bits per heavy atom. The molecule has 0 spiro atoms. The second kappa shape index (κ2) is 5.49. The Kier molecular flexibility index (Phi) is 3.99. The molecule has 2 rings (SSSR count). The molecule has 1 unspecified atom stereocenters. The van der Waals surface area contributed by atoms with Gasteiger partial charge in [-0.05, 0) is 22.0 Å². The molecule has 2 heterocycles. The van der Waals surface area contributed by atoms with Crippen LogP contribution in [0.25, 0.3) is 0 Å². The molecule has 1 atom stereocenters. The van der Waals surface area contributed by atoms with E-state index in [4.69, 9.17) is 4.74 Å². The van der Waals surface area contributed by atoms with Crippen LogP contribution in [0.1, 0.15) is 19.8 Å². The molecule has 0 aromatic carbocycles. The first-order valence-corrected chi connectivity index (χ1v) is 6.54. The zero-order chi connectivity index (χ0) is 12.3. The molecular weight excluding hydrogens is 284 g/mol. The van der Waals surface area contributed by atoms with Crippen LogP contribution in [0.15, 0.2) is 22.8 Å². The van der Waals surface area contributed by atoms with Gasteiger partial charge in [0.05, 0.1) is 6.54 Å². The maximum absolute atomic E-state index is 11.5. The van der Waals surface area contributed by atoms with E-state index in [1.807, 2.05) is 24.0 Å². The van der Waals surface area contributed by atoms with E-state index in [1.165, 1.54) is 0 Å². The Hall–Kier alpha value is -1.10. The third-order valence-corrected chi connectivity index (χ3v) is 3.26. The Morgan fingerprint density at radius 1 is 1.65 bits per heavy atom. The van der Waals surface area contributed by atoms with Crippen LogP contribution < -0.4 is 4.74 Å². The third-order valence-electron chi connectivity index (χ3n) is 2.79. The number of hydrogen-bond donors (Lipinski definition) is 0. The third kappa shape index (κ3) is 3.19. The highest BCUT2D eigenvalue weighted by Crippen LogP contribution is 2.18. The van der Waals surface area contributed by atoms with Crippen molar-refractivity contribution in [2.75, 3.05) is 13.1 Å². The minimum Gasteiger partial charge on any atom is -0.472 e. The summed E-state index contributed by atoms with van der Waals surface area (Å²) >= 11 is 3.33. The number of rotatable bonds is 3. The number of halogens is 1. The maximum atomic E-state index is 11.5. The van der Waals surface area contributed by atoms with Crippen molar-refractivity contribution in [3.63, 3.8) is 0 Å². The lowest BCUT2D eigenvalue weighted by Gasteiger charge is -2.16. The number of hydrogen-bond acceptors (Lipinski definition) is 3. The predicted octanol–water partition coefficient (Wildman–Crippen LogP) is 2.23. The number of amides is 1. The van der Waals surface area contributed by atoms with E-state index in [2.05, 4.69) is 20.9 Å².